The van der Waals surface area contributed by atoms with E-state index in [9.17, 15) is 14.7 Å². The molecule has 0 spiro atoms. The van der Waals surface area contributed by atoms with Crippen LogP contribution in [0.5, 0.6) is 0 Å². The average Bonchev–Trinajstić information content (AvgIpc) is 2.80. The van der Waals surface area contributed by atoms with Crippen LogP contribution in [-0.4, -0.2) is 32.4 Å². The monoisotopic (exact) mass is 303 g/mol. The summed E-state index contributed by atoms with van der Waals surface area (Å²) in [4.78, 5) is 28.2. The lowest BCUT2D eigenvalue weighted by Gasteiger charge is -2.14. The van der Waals surface area contributed by atoms with Gasteiger partial charge in [0.15, 0.2) is 0 Å². The van der Waals surface area contributed by atoms with Gasteiger partial charge in [0.05, 0.1) is 5.69 Å². The second-order valence-corrected chi connectivity index (χ2v) is 5.44. The maximum absolute atomic E-state index is 12.5. The molecule has 2 aromatic rings. The van der Waals surface area contributed by atoms with Gasteiger partial charge in [-0.2, -0.15) is 0 Å². The van der Waals surface area contributed by atoms with Crippen LogP contribution in [0.2, 0.25) is 0 Å². The van der Waals surface area contributed by atoms with Gasteiger partial charge < -0.3 is 10.4 Å². The van der Waals surface area contributed by atoms with Crippen molar-refractivity contribution in [3.05, 3.63) is 35.3 Å². The van der Waals surface area contributed by atoms with E-state index in [4.69, 9.17) is 0 Å². The van der Waals surface area contributed by atoms with E-state index < -0.39 is 17.9 Å². The van der Waals surface area contributed by atoms with E-state index >= 15 is 0 Å². The number of pyridine rings is 1. The van der Waals surface area contributed by atoms with Crippen molar-refractivity contribution in [3.63, 3.8) is 0 Å². The van der Waals surface area contributed by atoms with Gasteiger partial charge in [-0.3, -0.25) is 9.20 Å². The van der Waals surface area contributed by atoms with Crippen molar-refractivity contribution in [1.82, 2.24) is 14.7 Å². The number of hydrogen-bond donors (Lipinski definition) is 2. The quantitative estimate of drug-likeness (QED) is 0.858. The second-order valence-electron chi connectivity index (χ2n) is 5.44. The first-order valence-electron chi connectivity index (χ1n) is 7.43. The number of rotatable bonds is 6. The Labute approximate surface area is 129 Å². The molecule has 0 aliphatic carbocycles. The zero-order valence-corrected chi connectivity index (χ0v) is 13.1. The van der Waals surface area contributed by atoms with Crippen LogP contribution >= 0.6 is 0 Å². The number of nitrogens with zero attached hydrogens (tertiary/aromatic N) is 2. The lowest BCUT2D eigenvalue weighted by atomic mass is 10.1. The van der Waals surface area contributed by atoms with Crippen LogP contribution in [0.15, 0.2) is 18.3 Å². The molecule has 22 heavy (non-hydrogen) atoms. The molecule has 1 atom stereocenters. The third-order valence-corrected chi connectivity index (χ3v) is 3.68. The number of amides is 1. The van der Waals surface area contributed by atoms with E-state index in [0.29, 0.717) is 23.5 Å². The minimum absolute atomic E-state index is 0.390. The van der Waals surface area contributed by atoms with E-state index in [2.05, 4.69) is 10.3 Å². The van der Waals surface area contributed by atoms with Crippen molar-refractivity contribution in [2.45, 2.75) is 46.1 Å². The van der Waals surface area contributed by atoms with Gasteiger partial charge >= 0.3 is 5.97 Å². The number of aromatic nitrogens is 2. The van der Waals surface area contributed by atoms with Gasteiger partial charge in [0.25, 0.3) is 5.91 Å². The average molecular weight is 303 g/mol. The lowest BCUT2D eigenvalue weighted by Crippen LogP contribution is -2.41. The van der Waals surface area contributed by atoms with Crippen molar-refractivity contribution in [1.29, 1.82) is 0 Å². The molecule has 2 rings (SSSR count). The fourth-order valence-corrected chi connectivity index (χ4v) is 2.48. The van der Waals surface area contributed by atoms with Gasteiger partial charge in [-0.1, -0.05) is 25.8 Å². The third kappa shape index (κ3) is 3.10. The highest BCUT2D eigenvalue weighted by atomic mass is 16.4. The van der Waals surface area contributed by atoms with Crippen LogP contribution in [0.1, 0.15) is 47.9 Å². The van der Waals surface area contributed by atoms with Crippen LogP contribution < -0.4 is 5.32 Å². The fraction of sp³-hybridized carbons (Fsp3) is 0.438. The predicted octanol–water partition coefficient (Wildman–Crippen LogP) is 2.32. The summed E-state index contributed by atoms with van der Waals surface area (Å²) >= 11 is 0. The summed E-state index contributed by atoms with van der Waals surface area (Å²) in [6.45, 7) is 5.66. The van der Waals surface area contributed by atoms with E-state index in [0.717, 1.165) is 18.4 Å². The number of fused-ring (bicyclic) bond motifs is 1. The Hall–Kier alpha value is -2.37. The molecule has 0 saturated carbocycles. The summed E-state index contributed by atoms with van der Waals surface area (Å²) in [5, 5.41) is 11.8. The number of carbonyl (C=O) groups is 2. The molecule has 0 fully saturated rings. The molecule has 1 amide bonds. The number of hydrogen-bond acceptors (Lipinski definition) is 3. The van der Waals surface area contributed by atoms with Crippen LogP contribution in [-0.2, 0) is 4.79 Å². The first-order chi connectivity index (χ1) is 10.5. The van der Waals surface area contributed by atoms with Gasteiger partial charge in [0, 0.05) is 6.20 Å². The molecular weight excluding hydrogens is 282 g/mol. The smallest absolute Gasteiger partial charge is 0.326 e. The zero-order valence-electron chi connectivity index (χ0n) is 13.1. The molecule has 2 heterocycles. The number of nitrogens with one attached hydrogen (secondary N) is 1. The molecule has 1 unspecified atom stereocenters. The van der Waals surface area contributed by atoms with Crippen molar-refractivity contribution in [2.24, 2.45) is 0 Å². The minimum atomic E-state index is -1.01. The molecular formula is C16H21N3O3. The maximum atomic E-state index is 12.5. The van der Waals surface area contributed by atoms with Gasteiger partial charge in [-0.05, 0) is 31.9 Å². The number of carboxylic acid groups (broad SMARTS) is 1. The summed E-state index contributed by atoms with van der Waals surface area (Å²) in [7, 11) is 0. The highest BCUT2D eigenvalue weighted by Gasteiger charge is 2.23. The van der Waals surface area contributed by atoms with Gasteiger partial charge in [0.1, 0.15) is 17.4 Å². The Balaban J connectivity index is 2.31. The highest BCUT2D eigenvalue weighted by molar-refractivity contribution is 5.97. The zero-order chi connectivity index (χ0) is 16.3. The number of aliphatic carboxylic acids is 1. The summed E-state index contributed by atoms with van der Waals surface area (Å²) < 4.78 is 1.71. The topological polar surface area (TPSA) is 83.7 Å². The van der Waals surface area contributed by atoms with Gasteiger partial charge in [-0.25, -0.2) is 9.78 Å². The van der Waals surface area contributed by atoms with Gasteiger partial charge in [0.2, 0.25) is 0 Å². The van der Waals surface area contributed by atoms with Crippen LogP contribution in [0, 0.1) is 13.8 Å². The molecule has 118 valence electrons. The Morgan fingerprint density at radius 1 is 1.41 bits per heavy atom. The van der Waals surface area contributed by atoms with Crippen LogP contribution in [0.3, 0.4) is 0 Å². The molecule has 2 aromatic heterocycles. The summed E-state index contributed by atoms with van der Waals surface area (Å²) in [5.41, 5.74) is 2.66. The minimum Gasteiger partial charge on any atom is -0.480 e. The number of carbonyl (C=O) groups excluding carboxylic acids is 1. The molecule has 6 nitrogen and oxygen atoms in total. The highest BCUT2D eigenvalue weighted by Crippen LogP contribution is 2.15. The van der Waals surface area contributed by atoms with E-state index in [1.54, 1.807) is 17.5 Å². The van der Waals surface area contributed by atoms with E-state index in [-0.39, 0.29) is 0 Å². The van der Waals surface area contributed by atoms with Crippen molar-refractivity contribution < 1.29 is 14.7 Å². The molecule has 2 N–H and O–H groups in total. The summed E-state index contributed by atoms with van der Waals surface area (Å²) in [5.74, 6) is -1.41. The first kappa shape index (κ1) is 16.0. The van der Waals surface area contributed by atoms with E-state index in [1.807, 2.05) is 26.0 Å². The molecule has 0 bridgehead atoms. The summed E-state index contributed by atoms with van der Waals surface area (Å²) in [6.07, 6.45) is 3.82. The Morgan fingerprint density at radius 2 is 2.14 bits per heavy atom. The Kier molecular flexibility index (Phi) is 4.80. The molecule has 0 aromatic carbocycles. The van der Waals surface area contributed by atoms with Crippen LogP contribution in [0.25, 0.3) is 5.65 Å². The second kappa shape index (κ2) is 6.60. The largest absolute Gasteiger partial charge is 0.480 e. The molecule has 0 saturated heterocycles. The molecule has 0 aliphatic heterocycles. The number of imidazole rings is 1. The third-order valence-electron chi connectivity index (χ3n) is 3.68. The van der Waals surface area contributed by atoms with Crippen molar-refractivity contribution in [3.8, 4) is 0 Å². The normalized spacial score (nSPS) is 12.3. The van der Waals surface area contributed by atoms with Gasteiger partial charge in [-0.15, -0.1) is 0 Å². The predicted molar refractivity (Wildman–Crippen MR) is 83.1 cm³/mol. The van der Waals surface area contributed by atoms with Crippen molar-refractivity contribution in [2.75, 3.05) is 0 Å². The number of unbranched alkanes of at least 4 members (excludes halogenated alkanes) is 1. The van der Waals surface area contributed by atoms with E-state index in [1.165, 1.54) is 0 Å². The Bertz CT molecular complexity index is 706. The lowest BCUT2D eigenvalue weighted by molar-refractivity contribution is -0.139. The van der Waals surface area contributed by atoms with Crippen LogP contribution in [0.4, 0.5) is 0 Å². The number of carboxylic acids is 1. The standard InChI is InChI=1S/C16H21N3O3/c1-4-5-8-12(16(21)22)18-15(20)13-11(3)17-14-10(2)7-6-9-19(13)14/h6-7,9,12H,4-5,8H2,1-3H3,(H,18,20)(H,21,22). The summed E-state index contributed by atoms with van der Waals surface area (Å²) in [6, 6.07) is 2.89. The molecule has 0 radical (unpaired) electrons. The fourth-order valence-electron chi connectivity index (χ4n) is 2.48. The molecule has 0 aliphatic rings. The van der Waals surface area contributed by atoms with Crippen molar-refractivity contribution >= 4 is 17.5 Å². The first-order valence-corrected chi connectivity index (χ1v) is 7.43. The Morgan fingerprint density at radius 3 is 2.77 bits per heavy atom. The SMILES string of the molecule is CCCCC(NC(=O)c1c(C)nc2c(C)cccn12)C(=O)O. The maximum Gasteiger partial charge on any atom is 0.326 e. The molecule has 6 heteroatoms. The number of aryl methyl sites for hydroxylation is 2.